The Hall–Kier alpha value is -0.760. The Morgan fingerprint density at radius 1 is 1.15 bits per heavy atom. The van der Waals surface area contributed by atoms with Gasteiger partial charge in [-0.15, -0.1) is 9.79 Å². The van der Waals surface area contributed by atoms with E-state index in [0.717, 1.165) is 0 Å². The molecule has 0 saturated heterocycles. The zero-order valence-electron chi connectivity index (χ0n) is 7.71. The summed E-state index contributed by atoms with van der Waals surface area (Å²) in [6, 6.07) is 10.5. The molecule has 0 spiro atoms. The molecular formula is C9H14O3P+. The van der Waals surface area contributed by atoms with E-state index in [-0.39, 0.29) is 0 Å². The normalized spacial score (nSPS) is 9.00. The highest BCUT2D eigenvalue weighted by molar-refractivity contribution is 7.30. The predicted octanol–water partition coefficient (Wildman–Crippen LogP) is 2.44. The fourth-order valence-corrected chi connectivity index (χ4v) is 0.838. The van der Waals surface area contributed by atoms with Crippen molar-refractivity contribution in [2.45, 2.75) is 19.8 Å². The van der Waals surface area contributed by atoms with E-state index in [4.69, 9.17) is 14.4 Å². The molecule has 3 nitrogen and oxygen atoms in total. The van der Waals surface area contributed by atoms with Crippen molar-refractivity contribution in [3.63, 3.8) is 0 Å². The van der Waals surface area contributed by atoms with Gasteiger partial charge in [0.05, 0.1) is 0 Å². The van der Waals surface area contributed by atoms with Crippen LogP contribution in [0, 0.1) is 0 Å². The first-order chi connectivity index (χ1) is 6.04. The van der Waals surface area contributed by atoms with Gasteiger partial charge < -0.3 is 0 Å². The Balaban J connectivity index is 0.000000310. The summed E-state index contributed by atoms with van der Waals surface area (Å²) in [6.45, 7) is 4.41. The van der Waals surface area contributed by atoms with Crippen molar-refractivity contribution in [3.8, 4) is 0 Å². The molecule has 0 aliphatic carbocycles. The van der Waals surface area contributed by atoms with Gasteiger partial charge in [-0.1, -0.05) is 44.2 Å². The van der Waals surface area contributed by atoms with Crippen LogP contribution in [0.15, 0.2) is 30.3 Å². The van der Waals surface area contributed by atoms with Crippen LogP contribution in [0.1, 0.15) is 25.3 Å². The predicted molar refractivity (Wildman–Crippen MR) is 52.6 cm³/mol. The Bertz CT molecular complexity index is 242. The van der Waals surface area contributed by atoms with Gasteiger partial charge in [-0.3, -0.25) is 0 Å². The molecule has 0 atom stereocenters. The van der Waals surface area contributed by atoms with Crippen molar-refractivity contribution in [2.24, 2.45) is 0 Å². The zero-order valence-corrected chi connectivity index (χ0v) is 8.61. The van der Waals surface area contributed by atoms with Crippen molar-refractivity contribution in [1.82, 2.24) is 0 Å². The average Bonchev–Trinajstić information content (AvgIpc) is 2.05. The van der Waals surface area contributed by atoms with Gasteiger partial charge in [-0.2, -0.15) is 0 Å². The maximum absolute atomic E-state index is 8.70. The van der Waals surface area contributed by atoms with Crippen molar-refractivity contribution in [3.05, 3.63) is 35.9 Å². The van der Waals surface area contributed by atoms with E-state index in [9.17, 15) is 0 Å². The second-order valence-corrected chi connectivity index (χ2v) is 3.32. The summed E-state index contributed by atoms with van der Waals surface area (Å²) >= 11 is 0. The zero-order chi connectivity index (χ0) is 10.3. The third-order valence-electron chi connectivity index (χ3n) is 1.47. The second-order valence-electron chi connectivity index (χ2n) is 2.82. The summed E-state index contributed by atoms with van der Waals surface area (Å²) < 4.78 is 8.70. The molecule has 0 saturated carbocycles. The molecular weight excluding hydrogens is 187 g/mol. The van der Waals surface area contributed by atoms with Crippen LogP contribution in [0.3, 0.4) is 0 Å². The van der Waals surface area contributed by atoms with E-state index in [1.54, 1.807) is 0 Å². The lowest BCUT2D eigenvalue weighted by atomic mass is 10.0. The van der Waals surface area contributed by atoms with E-state index >= 15 is 0 Å². The Morgan fingerprint density at radius 3 is 1.77 bits per heavy atom. The van der Waals surface area contributed by atoms with Crippen LogP contribution in [0.25, 0.3) is 0 Å². The largest absolute Gasteiger partial charge is 0.692 e. The molecule has 1 aromatic carbocycles. The lowest BCUT2D eigenvalue weighted by molar-refractivity contribution is 0.405. The molecule has 0 aliphatic rings. The van der Waals surface area contributed by atoms with Crippen LogP contribution in [-0.4, -0.2) is 9.79 Å². The highest BCUT2D eigenvalue weighted by atomic mass is 31.1. The summed E-state index contributed by atoms with van der Waals surface area (Å²) in [4.78, 5) is 14.2. The molecule has 0 aliphatic heterocycles. The first-order valence-corrected chi connectivity index (χ1v) is 5.10. The van der Waals surface area contributed by atoms with Gasteiger partial charge in [0, 0.05) is 4.57 Å². The summed E-state index contributed by atoms with van der Waals surface area (Å²) in [5, 5.41) is 0. The third-order valence-corrected chi connectivity index (χ3v) is 1.47. The van der Waals surface area contributed by atoms with Crippen LogP contribution in [0.5, 0.6) is 0 Å². The molecule has 13 heavy (non-hydrogen) atoms. The van der Waals surface area contributed by atoms with Gasteiger partial charge in [0.15, 0.2) is 0 Å². The van der Waals surface area contributed by atoms with Crippen molar-refractivity contribution < 1.29 is 14.4 Å². The van der Waals surface area contributed by atoms with Gasteiger partial charge in [-0.25, -0.2) is 0 Å². The molecule has 2 N–H and O–H groups in total. The molecule has 0 unspecified atom stereocenters. The smallest absolute Gasteiger partial charge is 0.134 e. The molecule has 0 bridgehead atoms. The van der Waals surface area contributed by atoms with Crippen LogP contribution < -0.4 is 0 Å². The fraction of sp³-hybridized carbons (Fsp3) is 0.333. The van der Waals surface area contributed by atoms with Gasteiger partial charge in [0.1, 0.15) is 0 Å². The average molecular weight is 201 g/mol. The van der Waals surface area contributed by atoms with E-state index in [2.05, 4.69) is 38.1 Å². The second kappa shape index (κ2) is 6.72. The standard InChI is InChI=1S/C9H12.HO3P/c1-8(2)9-6-4-3-5-7-9;1-4(2)3/h3-8H,1-2H3;(H-,1,2,3)/p+1. The van der Waals surface area contributed by atoms with Crippen LogP contribution >= 0.6 is 8.25 Å². The number of benzene rings is 1. The Morgan fingerprint density at radius 2 is 1.54 bits per heavy atom. The van der Waals surface area contributed by atoms with E-state index in [0.29, 0.717) is 5.92 Å². The highest BCUT2D eigenvalue weighted by Gasteiger charge is 1.93. The van der Waals surface area contributed by atoms with Crippen LogP contribution in [0.2, 0.25) is 0 Å². The lowest BCUT2D eigenvalue weighted by Gasteiger charge is -2.01. The van der Waals surface area contributed by atoms with Crippen molar-refractivity contribution in [2.75, 3.05) is 0 Å². The first kappa shape index (κ1) is 12.2. The summed E-state index contributed by atoms with van der Waals surface area (Å²) in [6.07, 6.45) is 0. The quantitative estimate of drug-likeness (QED) is 0.686. The molecule has 0 fully saturated rings. The van der Waals surface area contributed by atoms with Gasteiger partial charge >= 0.3 is 8.25 Å². The highest BCUT2D eigenvalue weighted by Crippen LogP contribution is 2.11. The maximum Gasteiger partial charge on any atom is 0.692 e. The van der Waals surface area contributed by atoms with Crippen molar-refractivity contribution >= 4 is 8.25 Å². The number of hydrogen-bond acceptors (Lipinski definition) is 1. The minimum Gasteiger partial charge on any atom is -0.134 e. The van der Waals surface area contributed by atoms with Gasteiger partial charge in [0.25, 0.3) is 0 Å². The monoisotopic (exact) mass is 201 g/mol. The van der Waals surface area contributed by atoms with Crippen molar-refractivity contribution in [1.29, 1.82) is 0 Å². The maximum atomic E-state index is 8.70. The number of rotatable bonds is 1. The molecule has 4 heteroatoms. The van der Waals surface area contributed by atoms with Crippen LogP contribution in [-0.2, 0) is 4.57 Å². The third kappa shape index (κ3) is 7.60. The minimum absolute atomic E-state index is 0.659. The molecule has 0 aromatic heterocycles. The van der Waals surface area contributed by atoms with E-state index in [1.807, 2.05) is 6.07 Å². The number of hydrogen-bond donors (Lipinski definition) is 2. The minimum atomic E-state index is -2.87. The molecule has 1 aromatic rings. The van der Waals surface area contributed by atoms with Gasteiger partial charge in [-0.05, 0) is 11.5 Å². The van der Waals surface area contributed by atoms with Crippen LogP contribution in [0.4, 0.5) is 0 Å². The Kier molecular flexibility index (Phi) is 6.33. The van der Waals surface area contributed by atoms with E-state index < -0.39 is 8.25 Å². The molecule has 0 radical (unpaired) electrons. The lowest BCUT2D eigenvalue weighted by Crippen LogP contribution is -1.83. The molecule has 1 rings (SSSR count). The molecule has 72 valence electrons. The first-order valence-electron chi connectivity index (χ1n) is 3.94. The SMILES string of the molecule is CC(C)c1ccccc1.O=[P+](O)O. The topological polar surface area (TPSA) is 57.5 Å². The summed E-state index contributed by atoms with van der Waals surface area (Å²) in [7, 11) is -2.87. The Labute approximate surface area is 79.0 Å². The van der Waals surface area contributed by atoms with E-state index in [1.165, 1.54) is 5.56 Å². The fourth-order valence-electron chi connectivity index (χ4n) is 0.838. The molecule has 0 amide bonds. The summed E-state index contributed by atoms with van der Waals surface area (Å²) in [5.41, 5.74) is 1.41. The molecule has 0 heterocycles. The van der Waals surface area contributed by atoms with Gasteiger partial charge in [0.2, 0.25) is 0 Å². The summed E-state index contributed by atoms with van der Waals surface area (Å²) in [5.74, 6) is 0.659.